The Labute approximate surface area is 203 Å². The second kappa shape index (κ2) is 9.38. The molecule has 3 aromatic carbocycles. The smallest absolute Gasteiger partial charge is 0.257 e. The van der Waals surface area contributed by atoms with E-state index in [9.17, 15) is 17.6 Å². The van der Waals surface area contributed by atoms with Gasteiger partial charge in [0.1, 0.15) is 11.6 Å². The van der Waals surface area contributed by atoms with Crippen molar-refractivity contribution in [1.29, 1.82) is 0 Å². The molecular weight excluding hydrogens is 467 g/mol. The largest absolute Gasteiger partial charge is 0.496 e. The van der Waals surface area contributed by atoms with Crippen LogP contribution in [0.15, 0.2) is 77.7 Å². The van der Waals surface area contributed by atoms with Gasteiger partial charge in [-0.2, -0.15) is 0 Å². The van der Waals surface area contributed by atoms with E-state index in [0.717, 1.165) is 23.2 Å². The van der Waals surface area contributed by atoms with Crippen molar-refractivity contribution < 1.29 is 22.3 Å². The van der Waals surface area contributed by atoms with Crippen molar-refractivity contribution in [1.82, 2.24) is 4.57 Å². The lowest BCUT2D eigenvalue weighted by Gasteiger charge is -2.17. The standard InChI is InChI=1S/C27H25FN2O4S/c1-17-15-23(27(31)29-20-10-12-21(13-11-20)35(4,32)33)18(2)30(17)25-8-6-5-7-22(25)24-16-19(28)9-14-26(24)34-3/h5-16H,1-4H3,(H,29,31). The van der Waals surface area contributed by atoms with Gasteiger partial charge >= 0.3 is 0 Å². The third-order valence-corrected chi connectivity index (χ3v) is 6.94. The number of hydrogen-bond acceptors (Lipinski definition) is 4. The van der Waals surface area contributed by atoms with Crippen molar-refractivity contribution in [2.45, 2.75) is 18.7 Å². The van der Waals surface area contributed by atoms with Gasteiger partial charge in [0.05, 0.1) is 23.3 Å². The van der Waals surface area contributed by atoms with E-state index >= 15 is 0 Å². The van der Waals surface area contributed by atoms with Gasteiger partial charge in [-0.15, -0.1) is 0 Å². The highest BCUT2D eigenvalue weighted by Crippen LogP contribution is 2.36. The zero-order chi connectivity index (χ0) is 25.3. The summed E-state index contributed by atoms with van der Waals surface area (Å²) < 4.78 is 44.9. The second-order valence-corrected chi connectivity index (χ2v) is 10.2. The van der Waals surface area contributed by atoms with Gasteiger partial charge in [-0.1, -0.05) is 18.2 Å². The fourth-order valence-electron chi connectivity index (χ4n) is 4.13. The number of nitrogens with one attached hydrogen (secondary N) is 1. The lowest BCUT2D eigenvalue weighted by Crippen LogP contribution is -2.13. The number of carbonyl (C=O) groups is 1. The Morgan fingerprint density at radius 3 is 2.29 bits per heavy atom. The topological polar surface area (TPSA) is 77.4 Å². The third kappa shape index (κ3) is 4.83. The maximum Gasteiger partial charge on any atom is 0.257 e. The van der Waals surface area contributed by atoms with E-state index in [1.165, 1.54) is 31.4 Å². The summed E-state index contributed by atoms with van der Waals surface area (Å²) in [6, 6.07) is 19.7. The van der Waals surface area contributed by atoms with Crippen LogP contribution in [0.4, 0.5) is 10.1 Å². The van der Waals surface area contributed by atoms with Gasteiger partial charge in [0.2, 0.25) is 0 Å². The number of halogens is 1. The molecule has 35 heavy (non-hydrogen) atoms. The summed E-state index contributed by atoms with van der Waals surface area (Å²) in [5.41, 5.74) is 4.62. The van der Waals surface area contributed by atoms with Crippen molar-refractivity contribution in [2.24, 2.45) is 0 Å². The summed E-state index contributed by atoms with van der Waals surface area (Å²) in [5.74, 6) is -0.160. The molecule has 0 aliphatic heterocycles. The van der Waals surface area contributed by atoms with Crippen molar-refractivity contribution in [2.75, 3.05) is 18.7 Å². The van der Waals surface area contributed by atoms with Crippen LogP contribution in [0.3, 0.4) is 0 Å². The Morgan fingerprint density at radius 2 is 1.63 bits per heavy atom. The summed E-state index contributed by atoms with van der Waals surface area (Å²) in [6.07, 6.45) is 1.13. The molecule has 180 valence electrons. The molecule has 0 spiro atoms. The fraction of sp³-hybridized carbons (Fsp3) is 0.148. The van der Waals surface area contributed by atoms with Crippen LogP contribution >= 0.6 is 0 Å². The quantitative estimate of drug-likeness (QED) is 0.382. The minimum Gasteiger partial charge on any atom is -0.496 e. The summed E-state index contributed by atoms with van der Waals surface area (Å²) in [4.78, 5) is 13.3. The molecule has 4 rings (SSSR count). The summed E-state index contributed by atoms with van der Waals surface area (Å²) in [5, 5.41) is 2.83. The molecule has 0 saturated heterocycles. The molecule has 6 nitrogen and oxygen atoms in total. The molecule has 4 aromatic rings. The lowest BCUT2D eigenvalue weighted by molar-refractivity contribution is 0.102. The number of anilines is 1. The molecule has 0 atom stereocenters. The van der Waals surface area contributed by atoms with E-state index < -0.39 is 9.84 Å². The molecule has 1 heterocycles. The zero-order valence-corrected chi connectivity index (χ0v) is 20.6. The second-order valence-electron chi connectivity index (χ2n) is 8.23. The van der Waals surface area contributed by atoms with Gasteiger partial charge in [0.15, 0.2) is 9.84 Å². The first kappa shape index (κ1) is 24.2. The van der Waals surface area contributed by atoms with Crippen molar-refractivity contribution in [3.05, 3.63) is 95.6 Å². The van der Waals surface area contributed by atoms with Gasteiger partial charge in [-0.05, 0) is 68.4 Å². The Bertz CT molecular complexity index is 1520. The number of amides is 1. The number of aryl methyl sites for hydroxylation is 1. The SMILES string of the molecule is COc1ccc(F)cc1-c1ccccc1-n1c(C)cc(C(=O)Nc2ccc(S(C)(=O)=O)cc2)c1C. The van der Waals surface area contributed by atoms with Crippen molar-refractivity contribution in [3.8, 4) is 22.6 Å². The van der Waals surface area contributed by atoms with Crippen LogP contribution < -0.4 is 10.1 Å². The van der Waals surface area contributed by atoms with E-state index in [4.69, 9.17) is 4.74 Å². The molecule has 0 aliphatic rings. The number of benzene rings is 3. The van der Waals surface area contributed by atoms with E-state index in [-0.39, 0.29) is 16.6 Å². The van der Waals surface area contributed by atoms with Crippen molar-refractivity contribution in [3.63, 3.8) is 0 Å². The molecule has 1 N–H and O–H groups in total. The number of nitrogens with zero attached hydrogens (tertiary/aromatic N) is 1. The van der Waals surface area contributed by atoms with Crippen LogP contribution in [0, 0.1) is 19.7 Å². The first-order chi connectivity index (χ1) is 16.6. The van der Waals surface area contributed by atoms with Crippen LogP contribution in [-0.4, -0.2) is 32.3 Å². The molecule has 1 amide bonds. The molecule has 0 radical (unpaired) electrons. The first-order valence-electron chi connectivity index (χ1n) is 10.8. The number of sulfone groups is 1. The predicted molar refractivity (Wildman–Crippen MR) is 135 cm³/mol. The average molecular weight is 493 g/mol. The molecular formula is C27H25FN2O4S. The summed E-state index contributed by atoms with van der Waals surface area (Å²) in [6.45, 7) is 3.73. The highest BCUT2D eigenvalue weighted by Gasteiger charge is 2.20. The number of rotatable bonds is 6. The highest BCUT2D eigenvalue weighted by atomic mass is 32.2. The van der Waals surface area contributed by atoms with Crippen LogP contribution in [-0.2, 0) is 9.84 Å². The number of aromatic nitrogens is 1. The fourth-order valence-corrected chi connectivity index (χ4v) is 4.76. The number of ether oxygens (including phenoxy) is 1. The molecule has 1 aromatic heterocycles. The molecule has 0 unspecified atom stereocenters. The van der Waals surface area contributed by atoms with E-state index in [2.05, 4.69) is 5.32 Å². The Hall–Kier alpha value is -3.91. The Balaban J connectivity index is 1.73. The van der Waals surface area contributed by atoms with Gasteiger partial charge in [0, 0.05) is 34.5 Å². The zero-order valence-electron chi connectivity index (χ0n) is 19.8. The first-order valence-corrected chi connectivity index (χ1v) is 12.7. The highest BCUT2D eigenvalue weighted by molar-refractivity contribution is 7.90. The molecule has 0 aliphatic carbocycles. The number of methoxy groups -OCH3 is 1. The van der Waals surface area contributed by atoms with Gasteiger partial charge in [-0.25, -0.2) is 12.8 Å². The number of carbonyl (C=O) groups excluding carboxylic acids is 1. The minimum absolute atomic E-state index is 0.179. The lowest BCUT2D eigenvalue weighted by atomic mass is 10.0. The normalized spacial score (nSPS) is 11.3. The summed E-state index contributed by atoms with van der Waals surface area (Å²) >= 11 is 0. The molecule has 8 heteroatoms. The minimum atomic E-state index is -3.32. The van der Waals surface area contributed by atoms with E-state index in [0.29, 0.717) is 28.3 Å². The maximum atomic E-state index is 14.1. The van der Waals surface area contributed by atoms with E-state index in [1.54, 1.807) is 24.3 Å². The van der Waals surface area contributed by atoms with Crippen molar-refractivity contribution >= 4 is 21.4 Å². The van der Waals surface area contributed by atoms with Crippen LogP contribution in [0.5, 0.6) is 5.75 Å². The van der Waals surface area contributed by atoms with Crippen LogP contribution in [0.1, 0.15) is 21.7 Å². The molecule has 0 bridgehead atoms. The molecule has 0 saturated carbocycles. The van der Waals surface area contributed by atoms with Gasteiger partial charge in [-0.3, -0.25) is 4.79 Å². The number of hydrogen-bond donors (Lipinski definition) is 1. The Morgan fingerprint density at radius 1 is 0.943 bits per heavy atom. The van der Waals surface area contributed by atoms with Gasteiger partial charge in [0.25, 0.3) is 5.91 Å². The average Bonchev–Trinajstić information content (AvgIpc) is 3.12. The van der Waals surface area contributed by atoms with Gasteiger partial charge < -0.3 is 14.6 Å². The predicted octanol–water partition coefficient (Wildman–Crippen LogP) is 5.56. The molecule has 0 fully saturated rings. The van der Waals surface area contributed by atoms with Crippen LogP contribution in [0.25, 0.3) is 16.8 Å². The maximum absolute atomic E-state index is 14.1. The summed E-state index contributed by atoms with van der Waals surface area (Å²) in [7, 11) is -1.79. The van der Waals surface area contributed by atoms with E-state index in [1.807, 2.05) is 42.7 Å². The van der Waals surface area contributed by atoms with Crippen LogP contribution in [0.2, 0.25) is 0 Å². The monoisotopic (exact) mass is 492 g/mol. The third-order valence-electron chi connectivity index (χ3n) is 5.81. The number of para-hydroxylation sites is 1. The Kier molecular flexibility index (Phi) is 6.49.